The van der Waals surface area contributed by atoms with Crippen LogP contribution in [0.2, 0.25) is 0 Å². The Morgan fingerprint density at radius 2 is 1.78 bits per heavy atom. The Bertz CT molecular complexity index is 602. The van der Waals surface area contributed by atoms with Gasteiger partial charge in [0.15, 0.2) is 6.29 Å². The molecule has 0 saturated heterocycles. The van der Waals surface area contributed by atoms with E-state index in [4.69, 9.17) is 9.47 Å². The van der Waals surface area contributed by atoms with Gasteiger partial charge in [0.25, 0.3) is 0 Å². The Kier molecular flexibility index (Phi) is 7.56. The Morgan fingerprint density at radius 1 is 1.22 bits per heavy atom. The molecule has 0 heterocycles. The monoisotopic (exact) mass is 348 g/mol. The van der Waals surface area contributed by atoms with E-state index in [9.17, 15) is 17.6 Å². The fraction of sp³-hybridized carbons (Fsp3) is 0.500. The highest BCUT2D eigenvalue weighted by Crippen LogP contribution is 2.11. The highest BCUT2D eigenvalue weighted by atomic mass is 32.2. The summed E-state index contributed by atoms with van der Waals surface area (Å²) in [6.45, 7) is 1.75. The molecule has 23 heavy (non-hydrogen) atoms. The average Bonchev–Trinajstić information content (AvgIpc) is 2.53. The van der Waals surface area contributed by atoms with Crippen molar-refractivity contribution in [3.8, 4) is 0 Å². The normalized spacial score (nSPS) is 13.1. The second-order valence-electron chi connectivity index (χ2n) is 4.68. The molecule has 130 valence electrons. The minimum atomic E-state index is -3.92. The molecule has 0 aliphatic carbocycles. The number of halogens is 1. The van der Waals surface area contributed by atoms with Crippen LogP contribution in [-0.2, 0) is 24.3 Å². The summed E-state index contributed by atoms with van der Waals surface area (Å²) in [4.78, 5) is 12.0. The Morgan fingerprint density at radius 3 is 2.26 bits per heavy atom. The number of benzene rings is 1. The van der Waals surface area contributed by atoms with Gasteiger partial charge in [-0.25, -0.2) is 12.8 Å². The van der Waals surface area contributed by atoms with E-state index in [1.807, 2.05) is 0 Å². The van der Waals surface area contributed by atoms with Gasteiger partial charge in [0, 0.05) is 14.2 Å². The van der Waals surface area contributed by atoms with Crippen molar-refractivity contribution >= 4 is 15.9 Å². The quantitative estimate of drug-likeness (QED) is 0.638. The standard InChI is InChI=1S/C14H21FN2O5S/c1-4-12(14(18)16-9-13(21-2)22-3)17-23(19,20)11-7-5-10(15)6-8-11/h5-8,12-13,17H,4,9H2,1-3H3,(H,16,18). The van der Waals surface area contributed by atoms with Crippen LogP contribution in [0, 0.1) is 5.82 Å². The van der Waals surface area contributed by atoms with Crippen molar-refractivity contribution < 1.29 is 27.1 Å². The van der Waals surface area contributed by atoms with Gasteiger partial charge in [-0.05, 0) is 30.7 Å². The molecule has 1 rings (SSSR count). The van der Waals surface area contributed by atoms with Gasteiger partial charge in [-0.2, -0.15) is 4.72 Å². The zero-order valence-electron chi connectivity index (χ0n) is 13.2. The molecular formula is C14H21FN2O5S. The molecule has 9 heteroatoms. The first-order chi connectivity index (χ1) is 10.8. The fourth-order valence-electron chi connectivity index (χ4n) is 1.76. The number of rotatable bonds is 9. The molecule has 0 aliphatic rings. The molecule has 1 aromatic carbocycles. The highest BCUT2D eigenvalue weighted by Gasteiger charge is 2.24. The number of amides is 1. The van der Waals surface area contributed by atoms with Gasteiger partial charge in [-0.15, -0.1) is 0 Å². The lowest BCUT2D eigenvalue weighted by molar-refractivity contribution is -0.128. The first-order valence-corrected chi connectivity index (χ1v) is 8.43. The van der Waals surface area contributed by atoms with E-state index in [-0.39, 0.29) is 17.9 Å². The van der Waals surface area contributed by atoms with Crippen LogP contribution in [-0.4, -0.2) is 47.4 Å². The topological polar surface area (TPSA) is 93.7 Å². The maximum atomic E-state index is 12.9. The Balaban J connectivity index is 2.74. The number of sulfonamides is 1. The van der Waals surface area contributed by atoms with Gasteiger partial charge in [0.2, 0.25) is 15.9 Å². The van der Waals surface area contributed by atoms with Gasteiger partial charge in [0.05, 0.1) is 11.4 Å². The molecule has 0 bridgehead atoms. The smallest absolute Gasteiger partial charge is 0.241 e. The molecule has 1 unspecified atom stereocenters. The molecule has 0 saturated carbocycles. The lowest BCUT2D eigenvalue weighted by Crippen LogP contribution is -2.48. The number of hydrogen-bond donors (Lipinski definition) is 2. The summed E-state index contributed by atoms with van der Waals surface area (Å²) >= 11 is 0. The van der Waals surface area contributed by atoms with E-state index in [2.05, 4.69) is 10.0 Å². The third kappa shape index (κ3) is 5.87. The van der Waals surface area contributed by atoms with Crippen molar-refractivity contribution in [1.82, 2.24) is 10.0 Å². The average molecular weight is 348 g/mol. The molecular weight excluding hydrogens is 327 g/mol. The minimum absolute atomic E-state index is 0.0839. The molecule has 0 spiro atoms. The lowest BCUT2D eigenvalue weighted by Gasteiger charge is -2.19. The Labute approximate surface area is 135 Å². The van der Waals surface area contributed by atoms with Crippen LogP contribution in [0.1, 0.15) is 13.3 Å². The van der Waals surface area contributed by atoms with Crippen LogP contribution in [0.25, 0.3) is 0 Å². The third-order valence-corrected chi connectivity index (χ3v) is 4.60. The summed E-state index contributed by atoms with van der Waals surface area (Å²) < 4.78 is 49.4. The molecule has 2 N–H and O–H groups in total. The minimum Gasteiger partial charge on any atom is -0.354 e. The Hall–Kier alpha value is -1.55. The van der Waals surface area contributed by atoms with Gasteiger partial charge in [-0.3, -0.25) is 4.79 Å². The summed E-state index contributed by atoms with van der Waals surface area (Å²) in [5, 5.41) is 2.54. The van der Waals surface area contributed by atoms with Crippen molar-refractivity contribution in [2.45, 2.75) is 30.6 Å². The van der Waals surface area contributed by atoms with Gasteiger partial charge < -0.3 is 14.8 Å². The number of hydrogen-bond acceptors (Lipinski definition) is 5. The molecule has 0 fully saturated rings. The van der Waals surface area contributed by atoms with Crippen molar-refractivity contribution in [3.05, 3.63) is 30.1 Å². The van der Waals surface area contributed by atoms with Crippen molar-refractivity contribution in [2.75, 3.05) is 20.8 Å². The van der Waals surface area contributed by atoms with Crippen LogP contribution in [0.5, 0.6) is 0 Å². The largest absolute Gasteiger partial charge is 0.354 e. The van der Waals surface area contributed by atoms with Crippen LogP contribution >= 0.6 is 0 Å². The van der Waals surface area contributed by atoms with E-state index in [1.165, 1.54) is 14.2 Å². The summed E-state index contributed by atoms with van der Waals surface area (Å²) in [5.41, 5.74) is 0. The van der Waals surface area contributed by atoms with Gasteiger partial charge >= 0.3 is 0 Å². The van der Waals surface area contributed by atoms with Crippen LogP contribution in [0.4, 0.5) is 4.39 Å². The van der Waals surface area contributed by atoms with Gasteiger partial charge in [0.1, 0.15) is 11.9 Å². The summed E-state index contributed by atoms with van der Waals surface area (Å²) in [5.74, 6) is -1.05. The number of carbonyl (C=O) groups excluding carboxylic acids is 1. The van der Waals surface area contributed by atoms with Gasteiger partial charge in [-0.1, -0.05) is 6.92 Å². The molecule has 0 radical (unpaired) electrons. The maximum absolute atomic E-state index is 12.9. The van der Waals surface area contributed by atoms with Crippen LogP contribution < -0.4 is 10.0 Å². The number of nitrogens with one attached hydrogen (secondary N) is 2. The first-order valence-electron chi connectivity index (χ1n) is 6.95. The first kappa shape index (κ1) is 19.5. The zero-order chi connectivity index (χ0) is 17.5. The third-order valence-electron chi connectivity index (χ3n) is 3.11. The number of carbonyl (C=O) groups is 1. The number of ether oxygens (including phenoxy) is 2. The molecule has 0 aliphatic heterocycles. The van der Waals surface area contributed by atoms with Crippen molar-refractivity contribution in [3.63, 3.8) is 0 Å². The molecule has 7 nitrogen and oxygen atoms in total. The van der Waals surface area contributed by atoms with E-state index in [0.717, 1.165) is 24.3 Å². The maximum Gasteiger partial charge on any atom is 0.241 e. The second-order valence-corrected chi connectivity index (χ2v) is 6.40. The predicted molar refractivity (Wildman–Crippen MR) is 81.6 cm³/mol. The SMILES string of the molecule is CCC(NS(=O)(=O)c1ccc(F)cc1)C(=O)NCC(OC)OC. The van der Waals surface area contributed by atoms with Crippen molar-refractivity contribution in [1.29, 1.82) is 0 Å². The summed E-state index contributed by atoms with van der Waals surface area (Å²) in [6.07, 6.45) is -0.373. The van der Waals surface area contributed by atoms with Crippen LogP contribution in [0.3, 0.4) is 0 Å². The fourth-order valence-corrected chi connectivity index (χ4v) is 3.04. The highest BCUT2D eigenvalue weighted by molar-refractivity contribution is 7.89. The lowest BCUT2D eigenvalue weighted by atomic mass is 10.2. The predicted octanol–water partition coefficient (Wildman–Crippen LogP) is 0.618. The molecule has 0 aromatic heterocycles. The summed E-state index contributed by atoms with van der Waals surface area (Å²) in [7, 11) is -1.07. The van der Waals surface area contributed by atoms with E-state index in [1.54, 1.807) is 6.92 Å². The second kappa shape index (κ2) is 8.92. The van der Waals surface area contributed by atoms with E-state index in [0.29, 0.717) is 0 Å². The molecule has 1 aromatic rings. The molecule has 1 amide bonds. The van der Waals surface area contributed by atoms with E-state index < -0.39 is 34.1 Å². The van der Waals surface area contributed by atoms with Crippen molar-refractivity contribution in [2.24, 2.45) is 0 Å². The van der Waals surface area contributed by atoms with Crippen LogP contribution in [0.15, 0.2) is 29.2 Å². The molecule has 1 atom stereocenters. The zero-order valence-corrected chi connectivity index (χ0v) is 14.0. The number of methoxy groups -OCH3 is 2. The summed E-state index contributed by atoms with van der Waals surface area (Å²) in [6, 6.07) is 3.39. The van der Waals surface area contributed by atoms with E-state index >= 15 is 0 Å².